The van der Waals surface area contributed by atoms with Crippen LogP contribution in [0, 0.1) is 11.3 Å². The van der Waals surface area contributed by atoms with Crippen molar-refractivity contribution in [2.75, 3.05) is 0 Å². The van der Waals surface area contributed by atoms with Gasteiger partial charge in [-0.15, -0.1) is 3.89 Å². The molecule has 1 aliphatic carbocycles. The first kappa shape index (κ1) is 26.0. The number of ether oxygens (including phenoxy) is 1. The molecule has 1 fully saturated rings. The molecule has 0 radical (unpaired) electrons. The van der Waals surface area contributed by atoms with E-state index in [0.29, 0.717) is 49.9 Å². The van der Waals surface area contributed by atoms with Crippen molar-refractivity contribution in [3.63, 3.8) is 0 Å². The largest absolute Gasteiger partial charge is 0.490 e. The van der Waals surface area contributed by atoms with Crippen LogP contribution in [0.25, 0.3) is 44.0 Å². The molecule has 0 saturated heterocycles. The molecule has 5 aromatic rings. The SMILES string of the molecule is CC(C)Oc1cc2c(=O)c3c4ccc(C#N)cc4[nH]c3n(C3CCCCC3)c2cc1-c1cncc(S(=O)(=O)F)c1. The monoisotopic (exact) mass is 558 g/mol. The number of nitrogens with zero attached hydrogens (tertiary/aromatic N) is 3. The van der Waals surface area contributed by atoms with Gasteiger partial charge >= 0.3 is 10.2 Å². The van der Waals surface area contributed by atoms with Crippen molar-refractivity contribution in [2.24, 2.45) is 0 Å². The molecule has 2 aromatic carbocycles. The van der Waals surface area contributed by atoms with E-state index in [1.165, 1.54) is 12.3 Å². The highest BCUT2D eigenvalue weighted by Crippen LogP contribution is 2.40. The third-order valence-corrected chi connectivity index (χ3v) is 8.37. The molecule has 0 aliphatic heterocycles. The number of benzene rings is 2. The molecular formula is C30H27FN4O4S. The lowest BCUT2D eigenvalue weighted by molar-refractivity contribution is 0.244. The first-order chi connectivity index (χ1) is 19.2. The fraction of sp³-hybridized carbons (Fsp3) is 0.300. The van der Waals surface area contributed by atoms with E-state index in [4.69, 9.17) is 4.74 Å². The van der Waals surface area contributed by atoms with Crippen molar-refractivity contribution in [2.45, 2.75) is 63.0 Å². The maximum atomic E-state index is 14.1. The number of nitriles is 1. The van der Waals surface area contributed by atoms with Crippen LogP contribution in [0.4, 0.5) is 3.89 Å². The van der Waals surface area contributed by atoms with Gasteiger partial charge in [-0.25, -0.2) is 0 Å². The van der Waals surface area contributed by atoms with E-state index in [9.17, 15) is 22.4 Å². The van der Waals surface area contributed by atoms with Crippen LogP contribution in [0.2, 0.25) is 0 Å². The standard InChI is InChI=1S/C30H27FN4O4S/c1-17(2)39-27-13-24-26(12-23(27)19-11-21(16-33-15-19)40(31,37)38)35(20-6-4-3-5-7-20)30-28(29(24)36)22-9-8-18(14-32)10-25(22)34-30/h8-13,15-17,20,34H,3-7H2,1-2H3. The number of hydrogen-bond donors (Lipinski definition) is 1. The summed E-state index contributed by atoms with van der Waals surface area (Å²) in [5, 5.41) is 11.2. The predicted molar refractivity (Wildman–Crippen MR) is 152 cm³/mol. The van der Waals surface area contributed by atoms with Crippen LogP contribution < -0.4 is 10.2 Å². The molecule has 0 bridgehead atoms. The Kier molecular flexibility index (Phi) is 6.34. The maximum Gasteiger partial charge on any atom is 0.333 e. The summed E-state index contributed by atoms with van der Waals surface area (Å²) in [5.74, 6) is 0.371. The third-order valence-electron chi connectivity index (χ3n) is 7.59. The Morgan fingerprint density at radius 2 is 1.88 bits per heavy atom. The molecule has 3 aromatic heterocycles. The summed E-state index contributed by atoms with van der Waals surface area (Å²) in [5.41, 5.74) is 3.22. The fourth-order valence-corrected chi connectivity index (χ4v) is 6.32. The van der Waals surface area contributed by atoms with Crippen molar-refractivity contribution in [3.8, 4) is 22.9 Å². The highest BCUT2D eigenvalue weighted by Gasteiger charge is 2.25. The van der Waals surface area contributed by atoms with Gasteiger partial charge in [-0.2, -0.15) is 13.7 Å². The average Bonchev–Trinajstić information content (AvgIpc) is 3.31. The van der Waals surface area contributed by atoms with E-state index < -0.39 is 15.1 Å². The minimum Gasteiger partial charge on any atom is -0.490 e. The lowest BCUT2D eigenvalue weighted by Crippen LogP contribution is -2.19. The van der Waals surface area contributed by atoms with E-state index in [0.717, 1.165) is 43.7 Å². The zero-order valence-electron chi connectivity index (χ0n) is 22.1. The first-order valence-electron chi connectivity index (χ1n) is 13.3. The Morgan fingerprint density at radius 1 is 1.10 bits per heavy atom. The summed E-state index contributed by atoms with van der Waals surface area (Å²) in [6.07, 6.45) is 7.29. The molecule has 0 atom stereocenters. The Morgan fingerprint density at radius 3 is 2.58 bits per heavy atom. The molecule has 0 unspecified atom stereocenters. The van der Waals surface area contributed by atoms with Gasteiger partial charge in [0.15, 0.2) is 5.43 Å². The zero-order valence-corrected chi connectivity index (χ0v) is 22.9. The van der Waals surface area contributed by atoms with Crippen LogP contribution in [0.1, 0.15) is 57.6 Å². The van der Waals surface area contributed by atoms with Gasteiger partial charge in [0.2, 0.25) is 0 Å². The average molecular weight is 559 g/mol. The smallest absolute Gasteiger partial charge is 0.333 e. The highest BCUT2D eigenvalue weighted by molar-refractivity contribution is 7.86. The number of rotatable bonds is 5. The molecule has 6 rings (SSSR count). The summed E-state index contributed by atoms with van der Waals surface area (Å²) in [6, 6.07) is 12.3. The number of aromatic nitrogens is 3. The summed E-state index contributed by atoms with van der Waals surface area (Å²) >= 11 is 0. The molecule has 1 aliphatic rings. The Balaban J connectivity index is 1.75. The van der Waals surface area contributed by atoms with Crippen LogP contribution in [-0.2, 0) is 10.2 Å². The normalized spacial score (nSPS) is 14.8. The van der Waals surface area contributed by atoms with Crippen LogP contribution in [0.5, 0.6) is 5.75 Å². The number of nitrogens with one attached hydrogen (secondary N) is 1. The van der Waals surface area contributed by atoms with Crippen molar-refractivity contribution >= 4 is 43.1 Å². The van der Waals surface area contributed by atoms with Gasteiger partial charge in [-0.3, -0.25) is 9.78 Å². The quantitative estimate of drug-likeness (QED) is 0.245. The zero-order chi connectivity index (χ0) is 28.2. The molecule has 3 heterocycles. The molecular weight excluding hydrogens is 531 g/mol. The Labute approximate surface area is 230 Å². The van der Waals surface area contributed by atoms with Gasteiger partial charge in [0.05, 0.1) is 34.0 Å². The predicted octanol–water partition coefficient (Wildman–Crippen LogP) is 6.52. The lowest BCUT2D eigenvalue weighted by atomic mass is 9.94. The van der Waals surface area contributed by atoms with Crippen molar-refractivity contribution < 1.29 is 17.0 Å². The molecule has 1 N–H and O–H groups in total. The van der Waals surface area contributed by atoms with E-state index in [1.54, 1.807) is 24.3 Å². The van der Waals surface area contributed by atoms with Gasteiger partial charge in [0, 0.05) is 40.5 Å². The minimum atomic E-state index is -4.98. The molecule has 40 heavy (non-hydrogen) atoms. The summed E-state index contributed by atoms with van der Waals surface area (Å²) < 4.78 is 45.5. The molecule has 10 heteroatoms. The Hall–Kier alpha value is -4.23. The van der Waals surface area contributed by atoms with Gasteiger partial charge in [0.25, 0.3) is 0 Å². The fourth-order valence-electron chi connectivity index (χ4n) is 5.86. The molecule has 0 spiro atoms. The van der Waals surface area contributed by atoms with Crippen molar-refractivity contribution in [1.82, 2.24) is 14.5 Å². The molecule has 204 valence electrons. The summed E-state index contributed by atoms with van der Waals surface area (Å²) in [6.45, 7) is 3.70. The Bertz CT molecular complexity index is 2020. The van der Waals surface area contributed by atoms with Gasteiger partial charge in [0.1, 0.15) is 16.3 Å². The number of halogens is 1. The van der Waals surface area contributed by atoms with E-state index in [-0.39, 0.29) is 17.6 Å². The number of pyridine rings is 2. The third kappa shape index (κ3) is 4.40. The number of H-pyrrole nitrogens is 1. The van der Waals surface area contributed by atoms with Crippen LogP contribution in [0.3, 0.4) is 0 Å². The minimum absolute atomic E-state index is 0.114. The molecule has 1 saturated carbocycles. The molecule has 8 nitrogen and oxygen atoms in total. The topological polar surface area (TPSA) is 118 Å². The second-order valence-corrected chi connectivity index (χ2v) is 11.9. The number of aromatic amines is 1. The number of hydrogen-bond acceptors (Lipinski definition) is 6. The van der Waals surface area contributed by atoms with Crippen LogP contribution in [-0.4, -0.2) is 29.1 Å². The lowest BCUT2D eigenvalue weighted by Gasteiger charge is -2.28. The number of fused-ring (bicyclic) bond motifs is 4. The summed E-state index contributed by atoms with van der Waals surface area (Å²) in [4.78, 5) is 21.0. The summed E-state index contributed by atoms with van der Waals surface area (Å²) in [7, 11) is -4.98. The van der Waals surface area contributed by atoms with E-state index in [2.05, 4.69) is 20.6 Å². The van der Waals surface area contributed by atoms with Gasteiger partial charge in [-0.05, 0) is 57.0 Å². The second kappa shape index (κ2) is 9.75. The highest BCUT2D eigenvalue weighted by atomic mass is 32.3. The van der Waals surface area contributed by atoms with Crippen molar-refractivity contribution in [1.29, 1.82) is 5.26 Å². The second-order valence-electron chi connectivity index (χ2n) is 10.6. The van der Waals surface area contributed by atoms with E-state index >= 15 is 0 Å². The maximum absolute atomic E-state index is 14.1. The van der Waals surface area contributed by atoms with Gasteiger partial charge < -0.3 is 14.3 Å². The first-order valence-corrected chi connectivity index (χ1v) is 14.7. The van der Waals surface area contributed by atoms with E-state index in [1.807, 2.05) is 19.9 Å². The van der Waals surface area contributed by atoms with Crippen LogP contribution >= 0.6 is 0 Å². The van der Waals surface area contributed by atoms with Crippen LogP contribution in [0.15, 0.2) is 58.5 Å². The van der Waals surface area contributed by atoms with Crippen molar-refractivity contribution in [3.05, 3.63) is 64.6 Å². The molecule has 0 amide bonds. The van der Waals surface area contributed by atoms with Gasteiger partial charge in [-0.1, -0.05) is 25.3 Å².